The summed E-state index contributed by atoms with van der Waals surface area (Å²) in [6, 6.07) is 13.4. The number of hydrogen-bond acceptors (Lipinski definition) is 6. The maximum absolute atomic E-state index is 12.3. The number of guanidine groups is 1. The summed E-state index contributed by atoms with van der Waals surface area (Å²) in [5.41, 5.74) is 0.771. The van der Waals surface area contributed by atoms with Crippen LogP contribution < -0.4 is 21.3 Å². The van der Waals surface area contributed by atoms with Crippen molar-refractivity contribution in [2.75, 3.05) is 31.6 Å². The van der Waals surface area contributed by atoms with E-state index in [1.807, 2.05) is 42.5 Å². The molecular weight excluding hydrogens is 426 g/mol. The first-order chi connectivity index (χ1) is 16.0. The van der Waals surface area contributed by atoms with Gasteiger partial charge in [-0.15, -0.1) is 0 Å². The smallest absolute Gasteiger partial charge is 0.413 e. The third-order valence-corrected chi connectivity index (χ3v) is 6.02. The molecule has 10 nitrogen and oxygen atoms in total. The van der Waals surface area contributed by atoms with Gasteiger partial charge in [0.2, 0.25) is 11.9 Å². The van der Waals surface area contributed by atoms with Crippen molar-refractivity contribution < 1.29 is 24.2 Å². The van der Waals surface area contributed by atoms with Crippen molar-refractivity contribution in [3.8, 4) is 0 Å². The van der Waals surface area contributed by atoms with Crippen LogP contribution in [0.5, 0.6) is 0 Å². The number of carboxylic acids is 1. The molecule has 1 saturated heterocycles. The highest BCUT2D eigenvalue weighted by Gasteiger charge is 2.59. The highest BCUT2D eigenvalue weighted by Crippen LogP contribution is 2.52. The molecule has 0 spiro atoms. The predicted octanol–water partition coefficient (Wildman–Crippen LogP) is 1.39. The lowest BCUT2D eigenvalue weighted by Crippen LogP contribution is -2.45. The minimum Gasteiger partial charge on any atom is -0.480 e. The van der Waals surface area contributed by atoms with E-state index in [1.54, 1.807) is 6.92 Å². The number of amides is 2. The molecule has 0 bridgehead atoms. The largest absolute Gasteiger partial charge is 0.480 e. The van der Waals surface area contributed by atoms with Gasteiger partial charge < -0.3 is 25.8 Å². The Kier molecular flexibility index (Phi) is 6.74. The van der Waals surface area contributed by atoms with E-state index < -0.39 is 24.6 Å². The average molecular weight is 453 g/mol. The van der Waals surface area contributed by atoms with Crippen LogP contribution in [0.1, 0.15) is 6.92 Å². The van der Waals surface area contributed by atoms with E-state index in [0.717, 1.165) is 16.5 Å². The number of aliphatic carboxylic acids is 1. The first kappa shape index (κ1) is 22.5. The second-order valence-electron chi connectivity index (χ2n) is 8.12. The van der Waals surface area contributed by atoms with Gasteiger partial charge in [0.15, 0.2) is 0 Å². The maximum atomic E-state index is 12.3. The minimum absolute atomic E-state index is 0.0899. The summed E-state index contributed by atoms with van der Waals surface area (Å²) in [6.45, 7) is 2.65. The number of carbonyl (C=O) groups is 3. The molecule has 5 N–H and O–H groups in total. The quantitative estimate of drug-likeness (QED) is 0.315. The van der Waals surface area contributed by atoms with Crippen LogP contribution in [0.15, 0.2) is 47.5 Å². The van der Waals surface area contributed by atoms with E-state index in [1.165, 1.54) is 0 Å². The van der Waals surface area contributed by atoms with Gasteiger partial charge in [-0.05, 0) is 54.1 Å². The second-order valence-corrected chi connectivity index (χ2v) is 8.12. The Labute approximate surface area is 190 Å². The summed E-state index contributed by atoms with van der Waals surface area (Å²) in [5, 5.41) is 22.3. The Morgan fingerprint density at radius 3 is 2.73 bits per heavy atom. The van der Waals surface area contributed by atoms with E-state index in [9.17, 15) is 14.4 Å². The van der Waals surface area contributed by atoms with E-state index in [4.69, 9.17) is 9.84 Å². The Morgan fingerprint density at radius 1 is 1.18 bits per heavy atom. The number of ether oxygens (including phenoxy) is 1. The normalized spacial score (nSPS) is 23.5. The van der Waals surface area contributed by atoms with Crippen molar-refractivity contribution in [1.82, 2.24) is 16.0 Å². The molecule has 2 amide bonds. The lowest BCUT2D eigenvalue weighted by molar-refractivity contribution is -0.138. The summed E-state index contributed by atoms with van der Waals surface area (Å²) >= 11 is 0. The molecule has 0 aromatic heterocycles. The Morgan fingerprint density at radius 2 is 1.97 bits per heavy atom. The third kappa shape index (κ3) is 5.40. The van der Waals surface area contributed by atoms with Crippen LogP contribution in [0.25, 0.3) is 10.8 Å². The zero-order chi connectivity index (χ0) is 23.4. The summed E-state index contributed by atoms with van der Waals surface area (Å²) in [6.07, 6.45) is -0.604. The van der Waals surface area contributed by atoms with Gasteiger partial charge >= 0.3 is 12.1 Å². The minimum atomic E-state index is -1.08. The number of carbonyl (C=O) groups excluding carboxylic acids is 2. The number of fused-ring (bicyclic) bond motifs is 2. The van der Waals surface area contributed by atoms with Crippen LogP contribution in [0.2, 0.25) is 0 Å². The van der Waals surface area contributed by atoms with Gasteiger partial charge in [-0.3, -0.25) is 19.9 Å². The molecule has 0 unspecified atom stereocenters. The number of alkyl carbamates (subject to hydrolysis) is 1. The van der Waals surface area contributed by atoms with Crippen molar-refractivity contribution >= 4 is 40.4 Å². The summed E-state index contributed by atoms with van der Waals surface area (Å²) in [4.78, 5) is 39.6. The van der Waals surface area contributed by atoms with Crippen LogP contribution in [0, 0.1) is 17.8 Å². The fraction of sp³-hybridized carbons (Fsp3) is 0.391. The van der Waals surface area contributed by atoms with Gasteiger partial charge in [-0.2, -0.15) is 0 Å². The molecule has 2 aliphatic rings. The highest BCUT2D eigenvalue weighted by molar-refractivity contribution is 6.03. The van der Waals surface area contributed by atoms with E-state index in [0.29, 0.717) is 19.0 Å². The number of anilines is 1. The SMILES string of the molecule is CCOC(=O)NC(=NC[C@@H]1[C@H]2CN[C@H](C(=O)NCC(=O)O)[C@@H]12)Nc1ccc2ccccc2c1. The molecule has 1 aliphatic carbocycles. The van der Waals surface area contributed by atoms with Crippen molar-refractivity contribution in [3.63, 3.8) is 0 Å². The molecule has 1 aliphatic heterocycles. The third-order valence-electron chi connectivity index (χ3n) is 6.02. The molecule has 4 atom stereocenters. The van der Waals surface area contributed by atoms with E-state index in [2.05, 4.69) is 26.3 Å². The van der Waals surface area contributed by atoms with Crippen LogP contribution in [-0.2, 0) is 14.3 Å². The van der Waals surface area contributed by atoms with Crippen molar-refractivity contribution in [1.29, 1.82) is 0 Å². The first-order valence-corrected chi connectivity index (χ1v) is 10.9. The number of hydrogen-bond donors (Lipinski definition) is 5. The van der Waals surface area contributed by atoms with Crippen LogP contribution >= 0.6 is 0 Å². The summed E-state index contributed by atoms with van der Waals surface area (Å²) in [7, 11) is 0. The monoisotopic (exact) mass is 453 g/mol. The predicted molar refractivity (Wildman–Crippen MR) is 123 cm³/mol. The van der Waals surface area contributed by atoms with Crippen molar-refractivity contribution in [3.05, 3.63) is 42.5 Å². The van der Waals surface area contributed by atoms with Gasteiger partial charge in [-0.1, -0.05) is 30.3 Å². The number of rotatable bonds is 7. The fourth-order valence-electron chi connectivity index (χ4n) is 4.43. The number of carboxylic acid groups (broad SMARTS) is 1. The number of aliphatic imine (C=N–C) groups is 1. The molecule has 2 fully saturated rings. The fourth-order valence-corrected chi connectivity index (χ4v) is 4.43. The molecule has 2 aromatic rings. The summed E-state index contributed by atoms with van der Waals surface area (Å²) in [5.74, 6) is -0.566. The maximum Gasteiger partial charge on any atom is 0.413 e. The molecule has 2 aromatic carbocycles. The van der Waals surface area contributed by atoms with Crippen molar-refractivity contribution in [2.24, 2.45) is 22.7 Å². The Hall–Kier alpha value is -3.66. The number of benzene rings is 2. The number of piperidine rings is 1. The molecule has 33 heavy (non-hydrogen) atoms. The van der Waals surface area contributed by atoms with E-state index >= 15 is 0 Å². The lowest BCUT2D eigenvalue weighted by atomic mass is 10.1. The molecule has 10 heteroatoms. The molecule has 4 rings (SSSR count). The second kappa shape index (κ2) is 9.86. The van der Waals surface area contributed by atoms with Crippen LogP contribution in [-0.4, -0.2) is 61.3 Å². The van der Waals surface area contributed by atoms with Gasteiger partial charge in [0.25, 0.3) is 0 Å². The van der Waals surface area contributed by atoms with Gasteiger partial charge in [0.05, 0.1) is 12.6 Å². The standard InChI is InChI=1S/C23H27N5O5/c1-2-33-23(32)28-22(27-15-8-7-13-5-3-4-6-14(13)9-15)26-11-17-16-10-24-20(19(16)17)21(31)25-12-18(29)30/h3-9,16-17,19-20,24H,2,10-12H2,1H3,(H,25,31)(H,29,30)(H2,26,27,28,32)/t16-,17-,19-,20+/m1/s1. The van der Waals surface area contributed by atoms with Gasteiger partial charge in [0, 0.05) is 12.2 Å². The first-order valence-electron chi connectivity index (χ1n) is 10.9. The van der Waals surface area contributed by atoms with E-state index in [-0.39, 0.29) is 30.3 Å². The molecule has 0 radical (unpaired) electrons. The molecule has 1 heterocycles. The zero-order valence-electron chi connectivity index (χ0n) is 18.2. The van der Waals surface area contributed by atoms with Crippen molar-refractivity contribution in [2.45, 2.75) is 13.0 Å². The summed E-state index contributed by atoms with van der Waals surface area (Å²) < 4.78 is 4.99. The molecule has 1 saturated carbocycles. The Bertz CT molecular complexity index is 1090. The number of nitrogens with one attached hydrogen (secondary N) is 4. The lowest BCUT2D eigenvalue weighted by Gasteiger charge is -2.15. The molecular formula is C23H27N5O5. The topological polar surface area (TPSA) is 141 Å². The average Bonchev–Trinajstić information content (AvgIpc) is 3.29. The Balaban J connectivity index is 1.42. The van der Waals surface area contributed by atoms with Crippen LogP contribution in [0.3, 0.4) is 0 Å². The highest BCUT2D eigenvalue weighted by atomic mass is 16.5. The number of nitrogens with zero attached hydrogens (tertiary/aromatic N) is 1. The molecule has 174 valence electrons. The zero-order valence-corrected chi connectivity index (χ0v) is 18.2. The van der Waals surface area contributed by atoms with Gasteiger partial charge in [0.1, 0.15) is 6.54 Å². The van der Waals surface area contributed by atoms with Gasteiger partial charge in [-0.25, -0.2) is 4.79 Å². The van der Waals surface area contributed by atoms with Crippen LogP contribution in [0.4, 0.5) is 10.5 Å².